The Hall–Kier alpha value is -2.17. The number of benzene rings is 2. The molecule has 36 heavy (non-hydrogen) atoms. The summed E-state index contributed by atoms with van der Waals surface area (Å²) in [6, 6.07) is 11.3. The topological polar surface area (TPSA) is 99.4 Å². The Kier molecular flexibility index (Phi) is 7.97. The molecule has 4 unspecified atom stereocenters. The number of rotatable bonds is 7. The molecule has 4 N–H and O–H groups in total. The SMILES string of the molecule is CC1(COc2ccc(Cc3cc([C@@H]4OC(CO)C(O)C(O)C4O)ccc3F)cc2)CCC(F)(F)CC1. The molecule has 2 aromatic carbocycles. The van der Waals surface area contributed by atoms with Crippen LogP contribution in [0, 0.1) is 11.2 Å². The van der Waals surface area contributed by atoms with Crippen LogP contribution in [0.5, 0.6) is 5.75 Å². The second kappa shape index (κ2) is 10.7. The summed E-state index contributed by atoms with van der Waals surface area (Å²) >= 11 is 0. The Bertz CT molecular complexity index is 1020. The van der Waals surface area contributed by atoms with Gasteiger partial charge in [-0.2, -0.15) is 0 Å². The molecule has 1 saturated carbocycles. The molecular formula is C27H33F3O6. The largest absolute Gasteiger partial charge is 0.493 e. The Balaban J connectivity index is 1.41. The fraction of sp³-hybridized carbons (Fsp3) is 0.556. The lowest BCUT2D eigenvalue weighted by molar-refractivity contribution is -0.231. The Morgan fingerprint density at radius 2 is 1.61 bits per heavy atom. The Morgan fingerprint density at radius 3 is 2.25 bits per heavy atom. The maximum atomic E-state index is 14.6. The third kappa shape index (κ3) is 6.03. The summed E-state index contributed by atoms with van der Waals surface area (Å²) < 4.78 is 53.0. The standard InChI is InChI=1S/C27H33F3O6/c1-26(8-10-27(29,30)11-9-26)15-35-19-5-2-16(3-6-19)12-18-13-17(4-7-20(18)28)25-24(34)23(33)22(32)21(14-31)36-25/h2-7,13,21-25,31-34H,8-12,14-15H2,1H3/t21?,22?,23?,24?,25-/m0/s1. The normalized spacial score (nSPS) is 29.6. The number of alkyl halides is 2. The van der Waals surface area contributed by atoms with Crippen molar-refractivity contribution in [1.29, 1.82) is 0 Å². The molecule has 0 aromatic heterocycles. The van der Waals surface area contributed by atoms with Gasteiger partial charge >= 0.3 is 0 Å². The van der Waals surface area contributed by atoms with Crippen molar-refractivity contribution >= 4 is 0 Å². The van der Waals surface area contributed by atoms with E-state index in [2.05, 4.69) is 0 Å². The van der Waals surface area contributed by atoms with Crippen LogP contribution in [0.25, 0.3) is 0 Å². The zero-order valence-electron chi connectivity index (χ0n) is 20.1. The van der Waals surface area contributed by atoms with E-state index in [1.165, 1.54) is 18.2 Å². The molecule has 1 heterocycles. The third-order valence-corrected chi connectivity index (χ3v) is 7.38. The van der Waals surface area contributed by atoms with Gasteiger partial charge in [0.15, 0.2) is 0 Å². The predicted octanol–water partition coefficient (Wildman–Crippen LogP) is 3.53. The van der Waals surface area contributed by atoms with E-state index in [1.54, 1.807) is 24.3 Å². The molecule has 4 rings (SSSR count). The molecule has 1 aliphatic heterocycles. The summed E-state index contributed by atoms with van der Waals surface area (Å²) in [5.41, 5.74) is 1.26. The van der Waals surface area contributed by atoms with Gasteiger partial charge in [0.05, 0.1) is 13.2 Å². The first-order valence-electron chi connectivity index (χ1n) is 12.2. The maximum absolute atomic E-state index is 14.6. The minimum Gasteiger partial charge on any atom is -0.493 e. The van der Waals surface area contributed by atoms with E-state index in [4.69, 9.17) is 9.47 Å². The summed E-state index contributed by atoms with van der Waals surface area (Å²) in [6.07, 6.45) is -5.74. The van der Waals surface area contributed by atoms with E-state index < -0.39 is 48.9 Å². The number of halogens is 3. The van der Waals surface area contributed by atoms with Crippen LogP contribution in [0.3, 0.4) is 0 Å². The highest BCUT2D eigenvalue weighted by Gasteiger charge is 2.44. The maximum Gasteiger partial charge on any atom is 0.248 e. The van der Waals surface area contributed by atoms with Crippen molar-refractivity contribution in [3.05, 3.63) is 65.0 Å². The number of aliphatic hydroxyl groups excluding tert-OH is 4. The first kappa shape index (κ1) is 26.9. The lowest BCUT2D eigenvalue weighted by atomic mass is 9.75. The monoisotopic (exact) mass is 510 g/mol. The second-order valence-corrected chi connectivity index (χ2v) is 10.4. The van der Waals surface area contributed by atoms with Crippen LogP contribution in [-0.4, -0.2) is 64.0 Å². The van der Waals surface area contributed by atoms with Gasteiger partial charge in [-0.3, -0.25) is 0 Å². The van der Waals surface area contributed by atoms with E-state index in [0.29, 0.717) is 36.3 Å². The molecule has 0 bridgehead atoms. The van der Waals surface area contributed by atoms with Crippen LogP contribution in [0.2, 0.25) is 0 Å². The number of hydrogen-bond acceptors (Lipinski definition) is 6. The van der Waals surface area contributed by atoms with Crippen LogP contribution < -0.4 is 4.74 Å². The molecule has 1 aliphatic carbocycles. The molecule has 5 atom stereocenters. The highest BCUT2D eigenvalue weighted by Crippen LogP contribution is 2.43. The van der Waals surface area contributed by atoms with Crippen molar-refractivity contribution in [2.45, 2.75) is 75.5 Å². The van der Waals surface area contributed by atoms with Gasteiger partial charge in [0.2, 0.25) is 5.92 Å². The molecule has 6 nitrogen and oxygen atoms in total. The van der Waals surface area contributed by atoms with E-state index in [0.717, 1.165) is 5.56 Å². The first-order valence-corrected chi connectivity index (χ1v) is 12.2. The molecular weight excluding hydrogens is 477 g/mol. The Morgan fingerprint density at radius 1 is 0.944 bits per heavy atom. The quantitative estimate of drug-likeness (QED) is 0.455. The van der Waals surface area contributed by atoms with Gasteiger partial charge in [-0.15, -0.1) is 0 Å². The molecule has 198 valence electrons. The highest BCUT2D eigenvalue weighted by atomic mass is 19.3. The molecule has 2 aliphatic rings. The van der Waals surface area contributed by atoms with Gasteiger partial charge in [0.1, 0.15) is 42.1 Å². The van der Waals surface area contributed by atoms with Gasteiger partial charge in [-0.1, -0.05) is 25.1 Å². The van der Waals surface area contributed by atoms with E-state index in [9.17, 15) is 33.6 Å². The summed E-state index contributed by atoms with van der Waals surface area (Å²) in [6.45, 7) is 1.76. The van der Waals surface area contributed by atoms with Crippen LogP contribution in [0.15, 0.2) is 42.5 Å². The zero-order valence-corrected chi connectivity index (χ0v) is 20.1. The average Bonchev–Trinajstić information content (AvgIpc) is 2.86. The number of aliphatic hydroxyl groups is 4. The van der Waals surface area contributed by atoms with Gasteiger partial charge in [-0.05, 0) is 53.8 Å². The van der Waals surface area contributed by atoms with Crippen molar-refractivity contribution in [1.82, 2.24) is 0 Å². The van der Waals surface area contributed by atoms with E-state index in [1.807, 2.05) is 6.92 Å². The lowest BCUT2D eigenvalue weighted by Crippen LogP contribution is -2.55. The fourth-order valence-electron chi connectivity index (χ4n) is 4.83. The third-order valence-electron chi connectivity index (χ3n) is 7.38. The molecule has 1 saturated heterocycles. The average molecular weight is 511 g/mol. The van der Waals surface area contributed by atoms with E-state index in [-0.39, 0.29) is 24.7 Å². The fourth-order valence-corrected chi connectivity index (χ4v) is 4.83. The molecule has 0 spiro atoms. The number of ether oxygens (including phenoxy) is 2. The summed E-state index contributed by atoms with van der Waals surface area (Å²) in [5, 5.41) is 39.9. The predicted molar refractivity (Wildman–Crippen MR) is 125 cm³/mol. The van der Waals surface area contributed by atoms with Crippen LogP contribution in [0.1, 0.15) is 55.4 Å². The molecule has 9 heteroatoms. The van der Waals surface area contributed by atoms with Crippen LogP contribution >= 0.6 is 0 Å². The van der Waals surface area contributed by atoms with Gasteiger partial charge in [-0.25, -0.2) is 13.2 Å². The van der Waals surface area contributed by atoms with Gasteiger partial charge in [0.25, 0.3) is 0 Å². The van der Waals surface area contributed by atoms with Crippen LogP contribution in [0.4, 0.5) is 13.2 Å². The molecule has 2 fully saturated rings. The summed E-state index contributed by atoms with van der Waals surface area (Å²) in [4.78, 5) is 0. The smallest absolute Gasteiger partial charge is 0.248 e. The van der Waals surface area contributed by atoms with Crippen molar-refractivity contribution in [2.24, 2.45) is 5.41 Å². The van der Waals surface area contributed by atoms with Crippen molar-refractivity contribution < 1.29 is 43.1 Å². The number of hydrogen-bond donors (Lipinski definition) is 4. The molecule has 0 radical (unpaired) electrons. The Labute approximate surface area is 208 Å². The van der Waals surface area contributed by atoms with Crippen molar-refractivity contribution in [3.63, 3.8) is 0 Å². The minimum atomic E-state index is -2.59. The molecule has 2 aromatic rings. The first-order chi connectivity index (χ1) is 17.0. The molecule has 0 amide bonds. The van der Waals surface area contributed by atoms with Gasteiger partial charge in [0, 0.05) is 24.7 Å². The second-order valence-electron chi connectivity index (χ2n) is 10.4. The van der Waals surface area contributed by atoms with Gasteiger partial charge < -0.3 is 29.9 Å². The lowest BCUT2D eigenvalue weighted by Gasteiger charge is -2.40. The van der Waals surface area contributed by atoms with E-state index >= 15 is 0 Å². The highest BCUT2D eigenvalue weighted by molar-refractivity contribution is 5.35. The minimum absolute atomic E-state index is 0.125. The van der Waals surface area contributed by atoms with Crippen LogP contribution in [-0.2, 0) is 11.2 Å². The summed E-state index contributed by atoms with van der Waals surface area (Å²) in [5.74, 6) is -2.44. The van der Waals surface area contributed by atoms with Crippen molar-refractivity contribution in [2.75, 3.05) is 13.2 Å². The summed E-state index contributed by atoms with van der Waals surface area (Å²) in [7, 11) is 0. The zero-order chi connectivity index (χ0) is 26.1. The van der Waals surface area contributed by atoms with Crippen molar-refractivity contribution in [3.8, 4) is 5.75 Å².